The Morgan fingerprint density at radius 2 is 2.10 bits per heavy atom. The van der Waals surface area contributed by atoms with Gasteiger partial charge in [0.1, 0.15) is 5.75 Å². The third-order valence-corrected chi connectivity index (χ3v) is 3.54. The summed E-state index contributed by atoms with van der Waals surface area (Å²) in [6.45, 7) is 5.80. The van der Waals surface area contributed by atoms with Crippen molar-refractivity contribution < 1.29 is 14.6 Å². The first-order valence-electron chi connectivity index (χ1n) is 6.77. The smallest absolute Gasteiger partial charge is 0.261 e. The lowest BCUT2D eigenvalue weighted by Crippen LogP contribution is -2.45. The number of rotatable bonds is 7. The Bertz CT molecular complexity index is 437. The molecule has 1 aromatic rings. The molecule has 112 valence electrons. The quantitative estimate of drug-likeness (QED) is 0.800. The zero-order valence-corrected chi connectivity index (χ0v) is 13.7. The molecule has 0 aliphatic rings. The van der Waals surface area contributed by atoms with Crippen molar-refractivity contribution >= 4 is 21.8 Å². The van der Waals surface area contributed by atoms with Gasteiger partial charge >= 0.3 is 0 Å². The number of hydrogen-bond acceptors (Lipinski definition) is 3. The Balaban J connectivity index is 2.58. The molecule has 0 aliphatic heterocycles. The molecule has 0 radical (unpaired) electrons. The van der Waals surface area contributed by atoms with Crippen LogP contribution < -0.4 is 10.1 Å². The van der Waals surface area contributed by atoms with E-state index in [0.717, 1.165) is 4.47 Å². The highest BCUT2D eigenvalue weighted by atomic mass is 79.9. The number of amides is 1. The average Bonchev–Trinajstić information content (AvgIpc) is 2.37. The molecular weight excluding hydrogens is 322 g/mol. The number of carbonyl (C=O) groups is 1. The summed E-state index contributed by atoms with van der Waals surface area (Å²) in [6, 6.07) is 7.33. The lowest BCUT2D eigenvalue weighted by molar-refractivity contribution is -0.128. The molecule has 0 aromatic heterocycles. The predicted molar refractivity (Wildman–Crippen MR) is 82.7 cm³/mol. The Hall–Kier alpha value is -1.07. The molecule has 2 unspecified atom stereocenters. The maximum Gasteiger partial charge on any atom is 0.261 e. The van der Waals surface area contributed by atoms with Crippen LogP contribution in [0.4, 0.5) is 0 Å². The van der Waals surface area contributed by atoms with E-state index in [2.05, 4.69) is 21.2 Å². The number of aliphatic hydroxyl groups excluding tert-OH is 1. The summed E-state index contributed by atoms with van der Waals surface area (Å²) in [4.78, 5) is 12.1. The van der Waals surface area contributed by atoms with E-state index in [4.69, 9.17) is 9.84 Å². The molecule has 1 aromatic carbocycles. The Labute approximate surface area is 128 Å². The van der Waals surface area contributed by atoms with Crippen LogP contribution in [0.25, 0.3) is 0 Å². The van der Waals surface area contributed by atoms with Gasteiger partial charge in [0.15, 0.2) is 6.10 Å². The van der Waals surface area contributed by atoms with Crippen molar-refractivity contribution in [2.75, 3.05) is 6.61 Å². The van der Waals surface area contributed by atoms with Crippen molar-refractivity contribution in [3.05, 3.63) is 28.7 Å². The van der Waals surface area contributed by atoms with E-state index >= 15 is 0 Å². The first-order chi connectivity index (χ1) is 9.43. The molecule has 20 heavy (non-hydrogen) atoms. The van der Waals surface area contributed by atoms with E-state index in [1.165, 1.54) is 0 Å². The van der Waals surface area contributed by atoms with Crippen molar-refractivity contribution in [3.63, 3.8) is 0 Å². The maximum absolute atomic E-state index is 12.1. The van der Waals surface area contributed by atoms with E-state index in [9.17, 15) is 4.79 Å². The third-order valence-electron chi connectivity index (χ3n) is 3.05. The van der Waals surface area contributed by atoms with Gasteiger partial charge < -0.3 is 15.2 Å². The number of benzene rings is 1. The van der Waals surface area contributed by atoms with Gasteiger partial charge in [-0.05, 0) is 37.5 Å². The molecule has 1 rings (SSSR count). The summed E-state index contributed by atoms with van der Waals surface area (Å²) in [5.41, 5.74) is 0. The van der Waals surface area contributed by atoms with E-state index in [-0.39, 0.29) is 24.5 Å². The predicted octanol–water partition coefficient (Wildman–Crippen LogP) is 2.74. The first-order valence-corrected chi connectivity index (χ1v) is 7.56. The van der Waals surface area contributed by atoms with Gasteiger partial charge in [0.25, 0.3) is 5.91 Å². The molecule has 0 spiro atoms. The standard InChI is InChI=1S/C15H22BrNO3/c1-10(2)14(7-8-18)17-15(19)11(3)20-13-6-4-5-12(16)9-13/h4-6,9-11,14,18H,7-8H2,1-3H3,(H,17,19). The molecule has 5 heteroatoms. The Morgan fingerprint density at radius 3 is 2.65 bits per heavy atom. The molecule has 0 bridgehead atoms. The highest BCUT2D eigenvalue weighted by Gasteiger charge is 2.20. The summed E-state index contributed by atoms with van der Waals surface area (Å²) in [7, 11) is 0. The Morgan fingerprint density at radius 1 is 1.40 bits per heavy atom. The van der Waals surface area contributed by atoms with Crippen LogP contribution in [0.15, 0.2) is 28.7 Å². The highest BCUT2D eigenvalue weighted by molar-refractivity contribution is 9.10. The van der Waals surface area contributed by atoms with Crippen LogP contribution >= 0.6 is 15.9 Å². The normalized spacial score (nSPS) is 13.9. The topological polar surface area (TPSA) is 58.6 Å². The maximum atomic E-state index is 12.1. The van der Waals surface area contributed by atoms with Crippen LogP contribution in [-0.2, 0) is 4.79 Å². The van der Waals surface area contributed by atoms with Crippen LogP contribution in [-0.4, -0.2) is 29.8 Å². The number of aliphatic hydroxyl groups is 1. The number of carbonyl (C=O) groups excluding carboxylic acids is 1. The van der Waals surface area contributed by atoms with E-state index < -0.39 is 6.10 Å². The fourth-order valence-electron chi connectivity index (χ4n) is 1.81. The molecule has 4 nitrogen and oxygen atoms in total. The fraction of sp³-hybridized carbons (Fsp3) is 0.533. The fourth-order valence-corrected chi connectivity index (χ4v) is 2.19. The SMILES string of the molecule is CC(Oc1cccc(Br)c1)C(=O)NC(CCO)C(C)C. The van der Waals surface area contributed by atoms with Crippen molar-refractivity contribution in [1.29, 1.82) is 0 Å². The number of hydrogen-bond donors (Lipinski definition) is 2. The summed E-state index contributed by atoms with van der Waals surface area (Å²) >= 11 is 3.36. The summed E-state index contributed by atoms with van der Waals surface area (Å²) in [5, 5.41) is 11.9. The van der Waals surface area contributed by atoms with Crippen LogP contribution in [0.3, 0.4) is 0 Å². The minimum absolute atomic E-state index is 0.0407. The number of nitrogens with one attached hydrogen (secondary N) is 1. The second kappa shape index (κ2) is 8.27. The lowest BCUT2D eigenvalue weighted by atomic mass is 10.0. The molecule has 0 saturated carbocycles. The number of halogens is 1. The van der Waals surface area contributed by atoms with Crippen molar-refractivity contribution in [3.8, 4) is 5.75 Å². The molecule has 2 atom stereocenters. The van der Waals surface area contributed by atoms with Gasteiger partial charge in [0.2, 0.25) is 0 Å². The zero-order valence-electron chi connectivity index (χ0n) is 12.1. The van der Waals surface area contributed by atoms with E-state index in [1.807, 2.05) is 38.1 Å². The monoisotopic (exact) mass is 343 g/mol. The molecule has 0 fully saturated rings. The first kappa shape index (κ1) is 17.0. The van der Waals surface area contributed by atoms with Crippen molar-refractivity contribution in [2.45, 2.75) is 39.3 Å². The Kier molecular flexibility index (Phi) is 7.02. The summed E-state index contributed by atoms with van der Waals surface area (Å²) < 4.78 is 6.52. The molecule has 0 aliphatic carbocycles. The van der Waals surface area contributed by atoms with Crippen molar-refractivity contribution in [2.24, 2.45) is 5.92 Å². The summed E-state index contributed by atoms with van der Waals surface area (Å²) in [6.07, 6.45) is -0.0308. The van der Waals surface area contributed by atoms with Gasteiger partial charge in [-0.3, -0.25) is 4.79 Å². The van der Waals surface area contributed by atoms with Crippen LogP contribution in [0.1, 0.15) is 27.2 Å². The largest absolute Gasteiger partial charge is 0.481 e. The second-order valence-corrected chi connectivity index (χ2v) is 6.00. The zero-order chi connectivity index (χ0) is 15.1. The van der Waals surface area contributed by atoms with Gasteiger partial charge in [0.05, 0.1) is 0 Å². The lowest BCUT2D eigenvalue weighted by Gasteiger charge is -2.24. The number of ether oxygens (including phenoxy) is 1. The highest BCUT2D eigenvalue weighted by Crippen LogP contribution is 2.19. The molecule has 2 N–H and O–H groups in total. The van der Waals surface area contributed by atoms with Gasteiger partial charge in [0, 0.05) is 17.1 Å². The molecule has 0 heterocycles. The molecule has 0 saturated heterocycles. The summed E-state index contributed by atoms with van der Waals surface area (Å²) in [5.74, 6) is 0.742. The van der Waals surface area contributed by atoms with Gasteiger partial charge in [-0.1, -0.05) is 35.8 Å². The third kappa shape index (κ3) is 5.51. The van der Waals surface area contributed by atoms with Crippen molar-refractivity contribution in [1.82, 2.24) is 5.32 Å². The minimum Gasteiger partial charge on any atom is -0.481 e. The molecule has 1 amide bonds. The van der Waals surface area contributed by atoms with Gasteiger partial charge in [-0.25, -0.2) is 0 Å². The van der Waals surface area contributed by atoms with Crippen LogP contribution in [0.2, 0.25) is 0 Å². The van der Waals surface area contributed by atoms with Gasteiger partial charge in [-0.2, -0.15) is 0 Å². The minimum atomic E-state index is -0.579. The van der Waals surface area contributed by atoms with Crippen LogP contribution in [0.5, 0.6) is 5.75 Å². The van der Waals surface area contributed by atoms with Gasteiger partial charge in [-0.15, -0.1) is 0 Å². The molecular formula is C15H22BrNO3. The van der Waals surface area contributed by atoms with Crippen LogP contribution in [0, 0.1) is 5.92 Å². The average molecular weight is 344 g/mol. The van der Waals surface area contributed by atoms with E-state index in [0.29, 0.717) is 12.2 Å². The second-order valence-electron chi connectivity index (χ2n) is 5.09. The van der Waals surface area contributed by atoms with E-state index in [1.54, 1.807) is 6.92 Å².